The Kier molecular flexibility index (Phi) is 5.35. The predicted octanol–water partition coefficient (Wildman–Crippen LogP) is 0.799. The number of carbonyl (C=O) groups excluding carboxylic acids is 2. The number of carbonyl (C=O) groups is 2. The third-order valence-electron chi connectivity index (χ3n) is 2.52. The van der Waals surface area contributed by atoms with Crippen molar-refractivity contribution in [1.82, 2.24) is 15.3 Å². The molecule has 1 unspecified atom stereocenters. The van der Waals surface area contributed by atoms with E-state index in [2.05, 4.69) is 15.3 Å². The number of esters is 1. The Morgan fingerprint density at radius 3 is 2.78 bits per heavy atom. The summed E-state index contributed by atoms with van der Waals surface area (Å²) in [5, 5.41) is 2.58. The summed E-state index contributed by atoms with van der Waals surface area (Å²) < 4.78 is 5.22. The summed E-state index contributed by atoms with van der Waals surface area (Å²) in [6.07, 6.45) is 4.11. The van der Waals surface area contributed by atoms with E-state index in [1.54, 1.807) is 6.20 Å². The highest BCUT2D eigenvalue weighted by molar-refractivity contribution is 5.83. The lowest BCUT2D eigenvalue weighted by Crippen LogP contribution is -2.43. The fourth-order valence-electron chi connectivity index (χ4n) is 1.41. The molecule has 0 aliphatic carbocycles. The number of aromatic nitrogens is 2. The van der Waals surface area contributed by atoms with Crippen molar-refractivity contribution < 1.29 is 14.3 Å². The summed E-state index contributed by atoms with van der Waals surface area (Å²) in [5.74, 6) is -0.695. The molecule has 2 atom stereocenters. The van der Waals surface area contributed by atoms with Crippen molar-refractivity contribution in [2.75, 3.05) is 0 Å². The van der Waals surface area contributed by atoms with Gasteiger partial charge in [-0.1, -0.05) is 6.92 Å². The molecule has 0 spiro atoms. The largest absolute Gasteiger partial charge is 0.461 e. The average molecular weight is 253 g/mol. The zero-order valence-corrected chi connectivity index (χ0v) is 10.9. The first-order valence-corrected chi connectivity index (χ1v) is 5.98. The van der Waals surface area contributed by atoms with E-state index < -0.39 is 12.0 Å². The smallest absolute Gasteiger partial charge is 0.329 e. The minimum Gasteiger partial charge on any atom is -0.461 e. The van der Waals surface area contributed by atoms with E-state index in [9.17, 15) is 9.59 Å². The summed E-state index contributed by atoms with van der Waals surface area (Å²) in [7, 11) is 0. The van der Waals surface area contributed by atoms with Crippen LogP contribution in [-0.4, -0.2) is 34.0 Å². The third kappa shape index (κ3) is 4.57. The molecule has 1 rings (SSSR count). The average Bonchev–Trinajstić information content (AvgIpc) is 2.80. The topological polar surface area (TPSA) is 84.1 Å². The van der Waals surface area contributed by atoms with Gasteiger partial charge in [-0.05, 0) is 13.3 Å². The first kappa shape index (κ1) is 14.2. The van der Waals surface area contributed by atoms with E-state index in [-0.39, 0.29) is 12.0 Å². The number of nitrogens with one attached hydrogen (secondary N) is 2. The Labute approximate surface area is 106 Å². The minimum absolute atomic E-state index is 0.159. The number of ether oxygens (including phenoxy) is 1. The summed E-state index contributed by atoms with van der Waals surface area (Å²) in [6.45, 7) is 5.12. The molecule has 1 heterocycles. The Balaban J connectivity index is 2.65. The van der Waals surface area contributed by atoms with Crippen molar-refractivity contribution in [2.45, 2.75) is 45.8 Å². The van der Waals surface area contributed by atoms with E-state index in [0.717, 1.165) is 6.42 Å². The molecule has 0 aliphatic rings. The van der Waals surface area contributed by atoms with Crippen LogP contribution in [0.25, 0.3) is 0 Å². The van der Waals surface area contributed by atoms with Gasteiger partial charge in [-0.15, -0.1) is 0 Å². The summed E-state index contributed by atoms with van der Waals surface area (Å²) in [5.41, 5.74) is 0.704. The second-order valence-electron chi connectivity index (χ2n) is 4.17. The van der Waals surface area contributed by atoms with E-state index in [0.29, 0.717) is 12.1 Å². The Hall–Kier alpha value is -1.85. The van der Waals surface area contributed by atoms with Gasteiger partial charge in [0.15, 0.2) is 0 Å². The molecular weight excluding hydrogens is 234 g/mol. The fraction of sp³-hybridized carbons (Fsp3) is 0.583. The van der Waals surface area contributed by atoms with Gasteiger partial charge in [0.05, 0.1) is 18.1 Å². The van der Waals surface area contributed by atoms with Crippen LogP contribution in [0, 0.1) is 0 Å². The monoisotopic (exact) mass is 253 g/mol. The molecule has 0 radical (unpaired) electrons. The number of imidazole rings is 1. The van der Waals surface area contributed by atoms with Gasteiger partial charge < -0.3 is 15.0 Å². The van der Waals surface area contributed by atoms with Crippen molar-refractivity contribution in [3.8, 4) is 0 Å². The maximum Gasteiger partial charge on any atom is 0.329 e. The van der Waals surface area contributed by atoms with E-state index in [4.69, 9.17) is 4.74 Å². The SMILES string of the molecule is CCC(C)OC(=O)[C@H](Cc1c[nH]cn1)NC(C)=O. The fourth-order valence-corrected chi connectivity index (χ4v) is 1.41. The Bertz CT molecular complexity index is 389. The van der Waals surface area contributed by atoms with Crippen LogP contribution in [0.4, 0.5) is 0 Å². The number of hydrogen-bond donors (Lipinski definition) is 2. The molecule has 1 amide bonds. The molecule has 0 bridgehead atoms. The molecule has 1 aromatic rings. The van der Waals surface area contributed by atoms with Crippen LogP contribution in [0.15, 0.2) is 12.5 Å². The van der Waals surface area contributed by atoms with Gasteiger partial charge in [0.1, 0.15) is 6.04 Å². The second kappa shape index (κ2) is 6.78. The number of nitrogens with zero attached hydrogens (tertiary/aromatic N) is 1. The summed E-state index contributed by atoms with van der Waals surface area (Å²) in [6, 6.07) is -0.695. The Morgan fingerprint density at radius 1 is 1.56 bits per heavy atom. The van der Waals surface area contributed by atoms with Gasteiger partial charge in [-0.25, -0.2) is 9.78 Å². The Morgan fingerprint density at radius 2 is 2.28 bits per heavy atom. The van der Waals surface area contributed by atoms with Crippen LogP contribution >= 0.6 is 0 Å². The number of amides is 1. The van der Waals surface area contributed by atoms with Crippen molar-refractivity contribution in [3.63, 3.8) is 0 Å². The molecule has 0 aliphatic heterocycles. The van der Waals surface area contributed by atoms with E-state index in [1.807, 2.05) is 13.8 Å². The standard InChI is InChI=1S/C12H19N3O3/c1-4-8(2)18-12(17)11(15-9(3)16)5-10-6-13-7-14-10/h6-8,11H,4-5H2,1-3H3,(H,13,14)(H,15,16)/t8?,11-/m0/s1. The molecule has 0 saturated carbocycles. The molecule has 2 N–H and O–H groups in total. The lowest BCUT2D eigenvalue weighted by atomic mass is 10.1. The van der Waals surface area contributed by atoms with Gasteiger partial charge in [0.25, 0.3) is 0 Å². The number of aromatic amines is 1. The van der Waals surface area contributed by atoms with Crippen molar-refractivity contribution in [1.29, 1.82) is 0 Å². The van der Waals surface area contributed by atoms with Crippen LogP contribution in [0.1, 0.15) is 32.9 Å². The van der Waals surface area contributed by atoms with Gasteiger partial charge in [0, 0.05) is 19.5 Å². The van der Waals surface area contributed by atoms with Crippen LogP contribution in [-0.2, 0) is 20.7 Å². The predicted molar refractivity (Wildman–Crippen MR) is 65.7 cm³/mol. The zero-order valence-electron chi connectivity index (χ0n) is 10.9. The van der Waals surface area contributed by atoms with Gasteiger partial charge in [-0.2, -0.15) is 0 Å². The van der Waals surface area contributed by atoms with Crippen molar-refractivity contribution in [3.05, 3.63) is 18.2 Å². The zero-order chi connectivity index (χ0) is 13.5. The highest BCUT2D eigenvalue weighted by Gasteiger charge is 2.23. The van der Waals surface area contributed by atoms with Crippen molar-refractivity contribution >= 4 is 11.9 Å². The number of hydrogen-bond acceptors (Lipinski definition) is 4. The summed E-state index contributed by atoms with van der Waals surface area (Å²) in [4.78, 5) is 29.8. The first-order valence-electron chi connectivity index (χ1n) is 5.98. The molecular formula is C12H19N3O3. The quantitative estimate of drug-likeness (QED) is 0.734. The van der Waals surface area contributed by atoms with Gasteiger partial charge in [-0.3, -0.25) is 4.79 Å². The molecule has 0 saturated heterocycles. The summed E-state index contributed by atoms with van der Waals surface area (Å²) >= 11 is 0. The van der Waals surface area contributed by atoms with Crippen LogP contribution < -0.4 is 5.32 Å². The first-order chi connectivity index (χ1) is 8.52. The second-order valence-corrected chi connectivity index (χ2v) is 4.17. The number of H-pyrrole nitrogens is 1. The van der Waals surface area contributed by atoms with Crippen LogP contribution in [0.5, 0.6) is 0 Å². The molecule has 1 aromatic heterocycles. The van der Waals surface area contributed by atoms with E-state index in [1.165, 1.54) is 13.3 Å². The third-order valence-corrected chi connectivity index (χ3v) is 2.52. The molecule has 0 fully saturated rings. The highest BCUT2D eigenvalue weighted by atomic mass is 16.5. The maximum atomic E-state index is 11.9. The van der Waals surface area contributed by atoms with Gasteiger partial charge in [0.2, 0.25) is 5.91 Å². The highest BCUT2D eigenvalue weighted by Crippen LogP contribution is 2.04. The van der Waals surface area contributed by atoms with Crippen molar-refractivity contribution in [2.24, 2.45) is 0 Å². The lowest BCUT2D eigenvalue weighted by molar-refractivity contribution is -0.152. The van der Waals surface area contributed by atoms with Crippen LogP contribution in [0.2, 0.25) is 0 Å². The minimum atomic E-state index is -0.695. The molecule has 18 heavy (non-hydrogen) atoms. The molecule has 100 valence electrons. The molecule has 6 nitrogen and oxygen atoms in total. The van der Waals surface area contributed by atoms with E-state index >= 15 is 0 Å². The molecule has 6 heteroatoms. The normalized spacial score (nSPS) is 13.7. The lowest BCUT2D eigenvalue weighted by Gasteiger charge is -2.18. The van der Waals surface area contributed by atoms with Crippen LogP contribution in [0.3, 0.4) is 0 Å². The molecule has 0 aromatic carbocycles. The maximum absolute atomic E-state index is 11.9. The van der Waals surface area contributed by atoms with Gasteiger partial charge >= 0.3 is 5.97 Å². The number of rotatable bonds is 6.